The maximum absolute atomic E-state index is 12.0. The van der Waals surface area contributed by atoms with Gasteiger partial charge in [0.1, 0.15) is 17.1 Å². The molecule has 2 aromatic heterocycles. The Bertz CT molecular complexity index is 1110. The molecule has 4 nitrogen and oxygen atoms in total. The molecular formula is C22H20N2O2S. The van der Waals surface area contributed by atoms with Gasteiger partial charge in [0.15, 0.2) is 11.2 Å². The molecule has 0 fully saturated rings. The quantitative estimate of drug-likeness (QED) is 0.421. The minimum absolute atomic E-state index is 0.486. The lowest BCUT2D eigenvalue weighted by molar-refractivity contribution is 0.111. The topological polar surface area (TPSA) is 43.6 Å². The molecule has 4 aromatic rings. The van der Waals surface area contributed by atoms with Gasteiger partial charge in [-0.15, -0.1) is 11.3 Å². The molecule has 0 saturated carbocycles. The summed E-state index contributed by atoms with van der Waals surface area (Å²) in [6.07, 6.45) is 0.882. The number of methoxy groups -OCH3 is 1. The number of benzene rings is 2. The van der Waals surface area contributed by atoms with E-state index in [0.29, 0.717) is 17.3 Å². The average molecular weight is 376 g/mol. The number of carbonyl (C=O) groups excluding carboxylic acids is 1. The molecule has 0 bridgehead atoms. The minimum atomic E-state index is 0.486. The van der Waals surface area contributed by atoms with E-state index in [-0.39, 0.29) is 0 Å². The second-order valence-corrected chi connectivity index (χ2v) is 7.55. The molecule has 0 saturated heterocycles. The molecule has 0 spiro atoms. The highest BCUT2D eigenvalue weighted by Gasteiger charge is 2.19. The summed E-state index contributed by atoms with van der Waals surface area (Å²) >= 11 is 1.54. The zero-order valence-electron chi connectivity index (χ0n) is 15.5. The predicted octanol–water partition coefficient (Wildman–Crippen LogP) is 5.67. The second-order valence-electron chi connectivity index (χ2n) is 6.71. The number of hydrogen-bond donors (Lipinski definition) is 0. The molecule has 2 heterocycles. The van der Waals surface area contributed by atoms with Gasteiger partial charge in [0.25, 0.3) is 0 Å². The third-order valence-corrected chi connectivity index (χ3v) is 5.55. The molecule has 5 heteroatoms. The Kier molecular flexibility index (Phi) is 4.54. The van der Waals surface area contributed by atoms with Crippen LogP contribution in [0, 0.1) is 0 Å². The highest BCUT2D eigenvalue weighted by Crippen LogP contribution is 2.33. The van der Waals surface area contributed by atoms with E-state index in [2.05, 4.69) is 43.5 Å². The number of hydrogen-bond acceptors (Lipinski definition) is 4. The Morgan fingerprint density at radius 2 is 1.89 bits per heavy atom. The lowest BCUT2D eigenvalue weighted by Crippen LogP contribution is -1.95. The molecular weight excluding hydrogens is 356 g/mol. The predicted molar refractivity (Wildman–Crippen MR) is 110 cm³/mol. The number of imidazole rings is 1. The molecule has 0 radical (unpaired) electrons. The first-order valence-corrected chi connectivity index (χ1v) is 9.70. The molecule has 0 atom stereocenters. The lowest BCUT2D eigenvalue weighted by Gasteiger charge is -2.07. The fourth-order valence-corrected chi connectivity index (χ4v) is 4.12. The maximum atomic E-state index is 12.0. The van der Waals surface area contributed by atoms with Crippen molar-refractivity contribution in [3.8, 4) is 28.3 Å². The maximum Gasteiger partial charge on any atom is 0.195 e. The fourth-order valence-electron chi connectivity index (χ4n) is 3.21. The van der Waals surface area contributed by atoms with Crippen LogP contribution in [0.15, 0.2) is 53.9 Å². The van der Waals surface area contributed by atoms with Crippen LogP contribution in [0.4, 0.5) is 0 Å². The summed E-state index contributed by atoms with van der Waals surface area (Å²) in [7, 11) is 1.63. The van der Waals surface area contributed by atoms with E-state index < -0.39 is 0 Å². The van der Waals surface area contributed by atoms with E-state index in [1.807, 2.05) is 28.7 Å². The Balaban J connectivity index is 1.87. The van der Waals surface area contributed by atoms with Crippen molar-refractivity contribution in [2.24, 2.45) is 0 Å². The summed E-state index contributed by atoms with van der Waals surface area (Å²) in [5.74, 6) is 1.23. The van der Waals surface area contributed by atoms with Crippen LogP contribution in [0.2, 0.25) is 0 Å². The Hall–Kier alpha value is -2.92. The Labute approximate surface area is 162 Å². The van der Waals surface area contributed by atoms with Crippen LogP contribution in [0.1, 0.15) is 35.8 Å². The van der Waals surface area contributed by atoms with E-state index in [4.69, 9.17) is 9.72 Å². The highest BCUT2D eigenvalue weighted by atomic mass is 32.1. The largest absolute Gasteiger partial charge is 0.497 e. The van der Waals surface area contributed by atoms with Crippen molar-refractivity contribution in [1.82, 2.24) is 9.38 Å². The number of thiazole rings is 1. The van der Waals surface area contributed by atoms with Gasteiger partial charge < -0.3 is 4.74 Å². The van der Waals surface area contributed by atoms with Crippen molar-refractivity contribution in [2.75, 3.05) is 7.11 Å². The molecule has 0 unspecified atom stereocenters. The summed E-state index contributed by atoms with van der Waals surface area (Å²) in [5.41, 5.74) is 5.45. The van der Waals surface area contributed by atoms with E-state index in [9.17, 15) is 4.79 Å². The van der Waals surface area contributed by atoms with Gasteiger partial charge in [-0.3, -0.25) is 9.20 Å². The summed E-state index contributed by atoms with van der Waals surface area (Å²) in [5, 5.41) is 2.05. The third-order valence-electron chi connectivity index (χ3n) is 4.73. The zero-order valence-corrected chi connectivity index (χ0v) is 16.3. The van der Waals surface area contributed by atoms with Gasteiger partial charge in [0.05, 0.1) is 12.8 Å². The molecule has 0 aliphatic heterocycles. The van der Waals surface area contributed by atoms with Crippen LogP contribution in [0.3, 0.4) is 0 Å². The number of rotatable bonds is 5. The van der Waals surface area contributed by atoms with E-state index in [0.717, 1.165) is 33.8 Å². The van der Waals surface area contributed by atoms with E-state index >= 15 is 0 Å². The monoisotopic (exact) mass is 376 g/mol. The smallest absolute Gasteiger partial charge is 0.195 e. The van der Waals surface area contributed by atoms with Crippen LogP contribution in [-0.4, -0.2) is 22.8 Å². The molecule has 0 amide bonds. The molecule has 0 aliphatic carbocycles. The van der Waals surface area contributed by atoms with Gasteiger partial charge in [-0.1, -0.05) is 50.2 Å². The van der Waals surface area contributed by atoms with Crippen LogP contribution >= 0.6 is 11.3 Å². The van der Waals surface area contributed by atoms with Gasteiger partial charge in [0, 0.05) is 10.9 Å². The number of carbonyl (C=O) groups is 1. The first-order chi connectivity index (χ1) is 13.1. The Morgan fingerprint density at radius 1 is 1.11 bits per heavy atom. The molecule has 2 aromatic carbocycles. The van der Waals surface area contributed by atoms with Crippen molar-refractivity contribution >= 4 is 22.6 Å². The van der Waals surface area contributed by atoms with Crippen LogP contribution in [0.25, 0.3) is 27.5 Å². The van der Waals surface area contributed by atoms with Crippen molar-refractivity contribution in [3.63, 3.8) is 0 Å². The van der Waals surface area contributed by atoms with Crippen LogP contribution < -0.4 is 4.74 Å². The van der Waals surface area contributed by atoms with E-state index in [1.54, 1.807) is 7.11 Å². The second kappa shape index (κ2) is 7.00. The van der Waals surface area contributed by atoms with Gasteiger partial charge in [0.2, 0.25) is 0 Å². The SMILES string of the molecule is COc1cccc(-c2nc3scc(-c4ccc(C(C)C)cc4)n3c2C=O)c1. The number of fused-ring (bicyclic) bond motifs is 1. The first-order valence-electron chi connectivity index (χ1n) is 8.82. The number of aromatic nitrogens is 2. The van der Waals surface area contributed by atoms with Crippen LogP contribution in [-0.2, 0) is 0 Å². The number of aldehydes is 1. The summed E-state index contributed by atoms with van der Waals surface area (Å²) in [6.45, 7) is 4.36. The molecule has 27 heavy (non-hydrogen) atoms. The van der Waals surface area contributed by atoms with Gasteiger partial charge in [-0.2, -0.15) is 0 Å². The third kappa shape index (κ3) is 3.04. The molecule has 0 N–H and O–H groups in total. The van der Waals surface area contributed by atoms with Gasteiger partial charge >= 0.3 is 0 Å². The number of nitrogens with zero attached hydrogens (tertiary/aromatic N) is 2. The standard InChI is InChI=1S/C22H20N2O2S/c1-14(2)15-7-9-16(10-8-15)20-13-27-22-23-21(19(12-25)24(20)22)17-5-4-6-18(11-17)26-3/h4-14H,1-3H3. The highest BCUT2D eigenvalue weighted by molar-refractivity contribution is 7.15. The van der Waals surface area contributed by atoms with Crippen molar-refractivity contribution < 1.29 is 9.53 Å². The molecule has 4 rings (SSSR count). The summed E-state index contributed by atoms with van der Waals surface area (Å²) < 4.78 is 7.25. The normalized spacial score (nSPS) is 11.3. The minimum Gasteiger partial charge on any atom is -0.497 e. The number of ether oxygens (including phenoxy) is 1. The van der Waals surface area contributed by atoms with E-state index in [1.165, 1.54) is 16.9 Å². The summed E-state index contributed by atoms with van der Waals surface area (Å²) in [4.78, 5) is 17.5. The summed E-state index contributed by atoms with van der Waals surface area (Å²) in [6, 6.07) is 16.1. The van der Waals surface area contributed by atoms with Gasteiger partial charge in [-0.05, 0) is 29.2 Å². The Morgan fingerprint density at radius 3 is 2.56 bits per heavy atom. The van der Waals surface area contributed by atoms with Crippen molar-refractivity contribution in [1.29, 1.82) is 0 Å². The molecule has 136 valence electrons. The lowest BCUT2D eigenvalue weighted by atomic mass is 10.0. The van der Waals surface area contributed by atoms with Crippen LogP contribution in [0.5, 0.6) is 5.75 Å². The average Bonchev–Trinajstić information content (AvgIpc) is 3.27. The zero-order chi connectivity index (χ0) is 19.0. The van der Waals surface area contributed by atoms with Crippen molar-refractivity contribution in [2.45, 2.75) is 19.8 Å². The van der Waals surface area contributed by atoms with Gasteiger partial charge in [-0.25, -0.2) is 4.98 Å². The van der Waals surface area contributed by atoms with Crippen molar-refractivity contribution in [3.05, 3.63) is 65.2 Å². The first kappa shape index (κ1) is 17.5. The molecule has 0 aliphatic rings. The fraction of sp³-hybridized carbons (Fsp3) is 0.182.